The Labute approximate surface area is 69.9 Å². The van der Waals surface area contributed by atoms with Crippen LogP contribution < -0.4 is 16.8 Å². The Morgan fingerprint density at radius 1 is 1.58 bits per heavy atom. The van der Waals surface area contributed by atoms with Crippen LogP contribution in [0.3, 0.4) is 0 Å². The Kier molecular flexibility index (Phi) is 4.24. The zero-order valence-electron chi connectivity index (χ0n) is 6.78. The second kappa shape index (κ2) is 4.68. The molecule has 6 heteroatoms. The molecule has 6 nitrogen and oxygen atoms in total. The van der Waals surface area contributed by atoms with E-state index < -0.39 is 24.0 Å². The van der Waals surface area contributed by atoms with Crippen molar-refractivity contribution < 1.29 is 14.7 Å². The highest BCUT2D eigenvalue weighted by molar-refractivity contribution is 5.86. The highest BCUT2D eigenvalue weighted by Crippen LogP contribution is 1.83. The molecule has 0 saturated carbocycles. The monoisotopic (exact) mass is 175 g/mol. The second-order valence-electron chi connectivity index (χ2n) is 2.42. The maximum absolute atomic E-state index is 10.9. The van der Waals surface area contributed by atoms with Crippen LogP contribution in [0.2, 0.25) is 0 Å². The summed E-state index contributed by atoms with van der Waals surface area (Å²) >= 11 is 0. The quantitative estimate of drug-likeness (QED) is 0.389. The van der Waals surface area contributed by atoms with Crippen LogP contribution in [0.4, 0.5) is 0 Å². The van der Waals surface area contributed by atoms with Gasteiger partial charge in [0.25, 0.3) is 0 Å². The summed E-state index contributed by atoms with van der Waals surface area (Å²) in [6, 6.07) is -1.78. The van der Waals surface area contributed by atoms with Crippen molar-refractivity contribution in [3.8, 4) is 0 Å². The maximum atomic E-state index is 10.9. The maximum Gasteiger partial charge on any atom is 0.327 e. The Morgan fingerprint density at radius 3 is 2.33 bits per heavy atom. The van der Waals surface area contributed by atoms with Crippen LogP contribution >= 0.6 is 0 Å². The number of amides is 1. The first kappa shape index (κ1) is 10.9. The molecule has 0 aliphatic rings. The number of nitrogens with one attached hydrogen (secondary N) is 1. The summed E-state index contributed by atoms with van der Waals surface area (Å²) in [6.07, 6.45) is 0. The Morgan fingerprint density at radius 2 is 2.08 bits per heavy atom. The van der Waals surface area contributed by atoms with Gasteiger partial charge in [-0.2, -0.15) is 0 Å². The fourth-order valence-electron chi connectivity index (χ4n) is 0.525. The third-order valence-corrected chi connectivity index (χ3v) is 1.26. The van der Waals surface area contributed by atoms with Crippen molar-refractivity contribution in [2.45, 2.75) is 19.0 Å². The number of carboxylic acid groups (broad SMARTS) is 1. The Balaban J connectivity index is 4.03. The first-order valence-electron chi connectivity index (χ1n) is 3.48. The van der Waals surface area contributed by atoms with Gasteiger partial charge in [0.05, 0.1) is 6.04 Å². The molecule has 0 aliphatic heterocycles. The molecule has 0 radical (unpaired) electrons. The number of aliphatic carboxylic acids is 1. The molecule has 0 saturated heterocycles. The van der Waals surface area contributed by atoms with Crippen molar-refractivity contribution in [3.05, 3.63) is 0 Å². The third-order valence-electron chi connectivity index (χ3n) is 1.26. The van der Waals surface area contributed by atoms with Crippen LogP contribution in [0.25, 0.3) is 0 Å². The van der Waals surface area contributed by atoms with Crippen molar-refractivity contribution in [1.29, 1.82) is 0 Å². The molecular formula is C6H13N3O3. The standard InChI is InChI=1S/C6H13N3O3/c1-3(8)5(10)9-4(2-7)6(11)12/h3-4H,2,7-8H2,1H3,(H,9,10)(H,11,12)/t3-,4+/m1/s1. The van der Waals surface area contributed by atoms with Crippen LogP contribution in [0.15, 0.2) is 0 Å². The molecule has 0 spiro atoms. The van der Waals surface area contributed by atoms with Gasteiger partial charge in [-0.25, -0.2) is 4.79 Å². The first-order chi connectivity index (χ1) is 5.49. The molecular weight excluding hydrogens is 162 g/mol. The fraction of sp³-hybridized carbons (Fsp3) is 0.667. The lowest BCUT2D eigenvalue weighted by atomic mass is 10.2. The van der Waals surface area contributed by atoms with Gasteiger partial charge in [-0.3, -0.25) is 4.79 Å². The minimum atomic E-state index is -1.16. The summed E-state index contributed by atoms with van der Waals surface area (Å²) in [6.45, 7) is 1.32. The number of hydrogen-bond donors (Lipinski definition) is 4. The molecule has 0 heterocycles. The molecule has 1 amide bonds. The molecule has 0 aromatic carbocycles. The van der Waals surface area contributed by atoms with Crippen LogP contribution in [-0.2, 0) is 9.59 Å². The molecule has 12 heavy (non-hydrogen) atoms. The fourth-order valence-corrected chi connectivity index (χ4v) is 0.525. The minimum Gasteiger partial charge on any atom is -0.480 e. The van der Waals surface area contributed by atoms with E-state index in [1.807, 2.05) is 0 Å². The molecule has 6 N–H and O–H groups in total. The largest absolute Gasteiger partial charge is 0.480 e. The lowest BCUT2D eigenvalue weighted by Crippen LogP contribution is -2.50. The summed E-state index contributed by atoms with van der Waals surface area (Å²) in [7, 11) is 0. The number of carboxylic acids is 1. The van der Waals surface area contributed by atoms with Crippen molar-refractivity contribution in [3.63, 3.8) is 0 Å². The van der Waals surface area contributed by atoms with Crippen molar-refractivity contribution in [2.24, 2.45) is 11.5 Å². The highest BCUT2D eigenvalue weighted by Gasteiger charge is 2.19. The average molecular weight is 175 g/mol. The molecule has 70 valence electrons. The molecule has 0 rings (SSSR count). The minimum absolute atomic E-state index is 0.145. The predicted octanol–water partition coefficient (Wildman–Crippen LogP) is -2.14. The third kappa shape index (κ3) is 3.31. The van der Waals surface area contributed by atoms with Gasteiger partial charge in [-0.15, -0.1) is 0 Å². The zero-order valence-corrected chi connectivity index (χ0v) is 6.78. The van der Waals surface area contributed by atoms with Gasteiger partial charge < -0.3 is 21.9 Å². The molecule has 0 aromatic rings. The van der Waals surface area contributed by atoms with Crippen molar-refractivity contribution >= 4 is 11.9 Å². The van der Waals surface area contributed by atoms with Gasteiger partial charge >= 0.3 is 5.97 Å². The smallest absolute Gasteiger partial charge is 0.327 e. The van der Waals surface area contributed by atoms with Gasteiger partial charge in [0.1, 0.15) is 6.04 Å². The van der Waals surface area contributed by atoms with Gasteiger partial charge in [0, 0.05) is 6.54 Å². The Bertz CT molecular complexity index is 181. The van der Waals surface area contributed by atoms with E-state index in [1.165, 1.54) is 6.92 Å². The van der Waals surface area contributed by atoms with Crippen LogP contribution in [0, 0.1) is 0 Å². The summed E-state index contributed by atoms with van der Waals surface area (Å²) in [5.74, 6) is -1.68. The molecule has 0 fully saturated rings. The predicted molar refractivity (Wildman–Crippen MR) is 42.3 cm³/mol. The molecule has 0 bridgehead atoms. The van der Waals surface area contributed by atoms with E-state index in [9.17, 15) is 9.59 Å². The van der Waals surface area contributed by atoms with Crippen molar-refractivity contribution in [1.82, 2.24) is 5.32 Å². The van der Waals surface area contributed by atoms with Crippen LogP contribution in [0.5, 0.6) is 0 Å². The average Bonchev–Trinajstić information content (AvgIpc) is 1.98. The number of rotatable bonds is 4. The zero-order chi connectivity index (χ0) is 9.72. The summed E-state index contributed by atoms with van der Waals surface area (Å²) in [5, 5.41) is 10.6. The van der Waals surface area contributed by atoms with E-state index >= 15 is 0 Å². The van der Waals surface area contributed by atoms with Crippen LogP contribution in [0.1, 0.15) is 6.92 Å². The normalized spacial score (nSPS) is 14.9. The van der Waals surface area contributed by atoms with E-state index in [1.54, 1.807) is 0 Å². The van der Waals surface area contributed by atoms with E-state index in [-0.39, 0.29) is 6.54 Å². The number of hydrogen-bond acceptors (Lipinski definition) is 4. The number of carbonyl (C=O) groups is 2. The summed E-state index contributed by atoms with van der Waals surface area (Å²) in [5.41, 5.74) is 10.3. The lowest BCUT2D eigenvalue weighted by molar-refractivity contribution is -0.141. The summed E-state index contributed by atoms with van der Waals surface area (Å²) < 4.78 is 0. The van der Waals surface area contributed by atoms with E-state index in [4.69, 9.17) is 16.6 Å². The number of nitrogens with two attached hydrogens (primary N) is 2. The summed E-state index contributed by atoms with van der Waals surface area (Å²) in [4.78, 5) is 21.2. The van der Waals surface area contributed by atoms with Gasteiger partial charge in [-0.1, -0.05) is 0 Å². The molecule has 0 aliphatic carbocycles. The van der Waals surface area contributed by atoms with E-state index in [0.29, 0.717) is 0 Å². The van der Waals surface area contributed by atoms with Crippen LogP contribution in [-0.4, -0.2) is 35.6 Å². The van der Waals surface area contributed by atoms with Crippen molar-refractivity contribution in [2.75, 3.05) is 6.54 Å². The van der Waals surface area contributed by atoms with E-state index in [2.05, 4.69) is 5.32 Å². The SMILES string of the molecule is C[C@@H](N)C(=O)N[C@@H](CN)C(=O)O. The van der Waals surface area contributed by atoms with Gasteiger partial charge in [0.15, 0.2) is 0 Å². The molecule has 0 unspecified atom stereocenters. The highest BCUT2D eigenvalue weighted by atomic mass is 16.4. The van der Waals surface area contributed by atoms with E-state index in [0.717, 1.165) is 0 Å². The number of carbonyl (C=O) groups excluding carboxylic acids is 1. The Hall–Kier alpha value is -1.14. The van der Waals surface area contributed by atoms with Gasteiger partial charge in [0.2, 0.25) is 5.91 Å². The second-order valence-corrected chi connectivity index (χ2v) is 2.42. The topological polar surface area (TPSA) is 118 Å². The lowest BCUT2D eigenvalue weighted by Gasteiger charge is -2.13. The molecule has 0 aromatic heterocycles. The molecule has 2 atom stereocenters. The van der Waals surface area contributed by atoms with Gasteiger partial charge in [-0.05, 0) is 6.92 Å². The first-order valence-corrected chi connectivity index (χ1v) is 3.48.